The summed E-state index contributed by atoms with van der Waals surface area (Å²) in [5.74, 6) is -0.319. The Bertz CT molecular complexity index is 547. The van der Waals surface area contributed by atoms with Gasteiger partial charge < -0.3 is 4.90 Å². The molecule has 0 spiro atoms. The lowest BCUT2D eigenvalue weighted by Crippen LogP contribution is -2.46. The lowest BCUT2D eigenvalue weighted by molar-refractivity contribution is -0.385. The molecule has 0 aliphatic heterocycles. The molecule has 1 saturated carbocycles. The van der Waals surface area contributed by atoms with E-state index >= 15 is 0 Å². The van der Waals surface area contributed by atoms with Crippen LogP contribution in [0.3, 0.4) is 0 Å². The fraction of sp³-hybridized carbons (Fsp3) is 0.733. The van der Waals surface area contributed by atoms with Crippen molar-refractivity contribution in [3.8, 4) is 0 Å². The third kappa shape index (κ3) is 3.28. The molecular formula is C15H24N4O3. The van der Waals surface area contributed by atoms with E-state index in [2.05, 4.69) is 5.10 Å². The van der Waals surface area contributed by atoms with Gasteiger partial charge in [-0.2, -0.15) is 5.10 Å². The first-order valence-electron chi connectivity index (χ1n) is 8.00. The van der Waals surface area contributed by atoms with E-state index in [0.717, 1.165) is 25.7 Å². The Morgan fingerprint density at radius 3 is 2.59 bits per heavy atom. The SMILES string of the molecule is CCn1cc([N+](=O)[O-])c(C(=O)N(C(C)C)C2CCCCC2)n1. The average Bonchev–Trinajstić information content (AvgIpc) is 2.92. The normalized spacial score (nSPS) is 16.0. The topological polar surface area (TPSA) is 81.3 Å². The second kappa shape index (κ2) is 6.89. The van der Waals surface area contributed by atoms with E-state index < -0.39 is 4.92 Å². The van der Waals surface area contributed by atoms with Gasteiger partial charge in [-0.3, -0.25) is 19.6 Å². The van der Waals surface area contributed by atoms with E-state index in [1.54, 1.807) is 4.90 Å². The fourth-order valence-corrected chi connectivity index (χ4v) is 3.16. The molecule has 22 heavy (non-hydrogen) atoms. The van der Waals surface area contributed by atoms with Gasteiger partial charge in [0.25, 0.3) is 5.91 Å². The molecule has 1 heterocycles. The maximum absolute atomic E-state index is 12.9. The second-order valence-electron chi connectivity index (χ2n) is 6.07. The third-order valence-corrected chi connectivity index (χ3v) is 4.22. The van der Waals surface area contributed by atoms with Crippen molar-refractivity contribution >= 4 is 11.6 Å². The van der Waals surface area contributed by atoms with Gasteiger partial charge in [-0.05, 0) is 33.6 Å². The minimum atomic E-state index is -0.522. The van der Waals surface area contributed by atoms with Crippen molar-refractivity contribution in [1.82, 2.24) is 14.7 Å². The van der Waals surface area contributed by atoms with Crippen LogP contribution in [0.2, 0.25) is 0 Å². The highest BCUT2D eigenvalue weighted by Gasteiger charge is 2.34. The predicted octanol–water partition coefficient (Wildman–Crippen LogP) is 2.99. The summed E-state index contributed by atoms with van der Waals surface area (Å²) < 4.78 is 1.45. The van der Waals surface area contributed by atoms with Crippen molar-refractivity contribution in [3.05, 3.63) is 22.0 Å². The molecule has 0 aromatic carbocycles. The highest BCUT2D eigenvalue weighted by Crippen LogP contribution is 2.27. The molecule has 0 saturated heterocycles. The lowest BCUT2D eigenvalue weighted by atomic mass is 9.93. The summed E-state index contributed by atoms with van der Waals surface area (Å²) in [7, 11) is 0. The molecule has 0 atom stereocenters. The molecule has 0 N–H and O–H groups in total. The highest BCUT2D eigenvalue weighted by atomic mass is 16.6. The van der Waals surface area contributed by atoms with Gasteiger partial charge in [0, 0.05) is 18.6 Å². The van der Waals surface area contributed by atoms with Gasteiger partial charge in [0.1, 0.15) is 6.20 Å². The van der Waals surface area contributed by atoms with Crippen LogP contribution in [-0.4, -0.2) is 37.6 Å². The zero-order valence-electron chi connectivity index (χ0n) is 13.5. The zero-order valence-corrected chi connectivity index (χ0v) is 13.5. The molecule has 0 radical (unpaired) electrons. The van der Waals surface area contributed by atoms with Gasteiger partial charge in [-0.15, -0.1) is 0 Å². The first-order chi connectivity index (χ1) is 10.5. The number of nitro groups is 1. The summed E-state index contributed by atoms with van der Waals surface area (Å²) in [5, 5.41) is 15.3. The summed E-state index contributed by atoms with van der Waals surface area (Å²) in [6.45, 7) is 6.25. The maximum Gasteiger partial charge on any atom is 0.320 e. The van der Waals surface area contributed by atoms with Gasteiger partial charge in [-0.25, -0.2) is 0 Å². The molecule has 7 heteroatoms. The Morgan fingerprint density at radius 2 is 2.09 bits per heavy atom. The van der Waals surface area contributed by atoms with Crippen LogP contribution >= 0.6 is 0 Å². The molecule has 1 fully saturated rings. The number of carbonyl (C=O) groups excluding carboxylic acids is 1. The Balaban J connectivity index is 2.34. The van der Waals surface area contributed by atoms with Gasteiger partial charge in [0.05, 0.1) is 4.92 Å². The van der Waals surface area contributed by atoms with Crippen LogP contribution in [0.4, 0.5) is 5.69 Å². The monoisotopic (exact) mass is 308 g/mol. The molecule has 1 aromatic rings. The van der Waals surface area contributed by atoms with Crippen LogP contribution in [0.5, 0.6) is 0 Å². The molecule has 1 amide bonds. The molecule has 1 aliphatic carbocycles. The Labute approximate surface area is 130 Å². The van der Waals surface area contributed by atoms with Crippen molar-refractivity contribution in [1.29, 1.82) is 0 Å². The minimum Gasteiger partial charge on any atom is -0.332 e. The Hall–Kier alpha value is -1.92. The zero-order chi connectivity index (χ0) is 16.3. The molecule has 122 valence electrons. The molecule has 2 rings (SSSR count). The van der Waals surface area contributed by atoms with E-state index in [9.17, 15) is 14.9 Å². The maximum atomic E-state index is 12.9. The van der Waals surface area contributed by atoms with Crippen molar-refractivity contribution in [3.63, 3.8) is 0 Å². The fourth-order valence-electron chi connectivity index (χ4n) is 3.16. The molecule has 0 unspecified atom stereocenters. The molecule has 1 aliphatic rings. The van der Waals surface area contributed by atoms with Crippen LogP contribution in [0, 0.1) is 10.1 Å². The van der Waals surface area contributed by atoms with Crippen LogP contribution in [0.15, 0.2) is 6.20 Å². The summed E-state index contributed by atoms with van der Waals surface area (Å²) in [6.07, 6.45) is 6.67. The highest BCUT2D eigenvalue weighted by molar-refractivity contribution is 5.96. The summed E-state index contributed by atoms with van der Waals surface area (Å²) in [5.41, 5.74) is -0.237. The summed E-state index contributed by atoms with van der Waals surface area (Å²) in [6, 6.07) is 0.162. The smallest absolute Gasteiger partial charge is 0.320 e. The standard InChI is InChI=1S/C15H24N4O3/c1-4-17-10-13(19(21)22)14(16-17)15(20)18(11(2)3)12-8-6-5-7-9-12/h10-12H,4-9H2,1-3H3. The lowest BCUT2D eigenvalue weighted by Gasteiger charge is -2.36. The van der Waals surface area contributed by atoms with E-state index in [1.165, 1.54) is 17.3 Å². The first-order valence-corrected chi connectivity index (χ1v) is 8.00. The van der Waals surface area contributed by atoms with Crippen LogP contribution in [0.1, 0.15) is 63.4 Å². The molecule has 1 aromatic heterocycles. The molecule has 7 nitrogen and oxygen atoms in total. The Kier molecular flexibility index (Phi) is 5.15. The Morgan fingerprint density at radius 1 is 1.45 bits per heavy atom. The van der Waals surface area contributed by atoms with E-state index in [0.29, 0.717) is 6.54 Å². The third-order valence-electron chi connectivity index (χ3n) is 4.22. The van der Waals surface area contributed by atoms with Crippen molar-refractivity contribution in [2.75, 3.05) is 0 Å². The number of hydrogen-bond donors (Lipinski definition) is 0. The second-order valence-corrected chi connectivity index (χ2v) is 6.07. The quantitative estimate of drug-likeness (QED) is 0.618. The van der Waals surface area contributed by atoms with Crippen molar-refractivity contribution < 1.29 is 9.72 Å². The predicted molar refractivity (Wildman–Crippen MR) is 82.7 cm³/mol. The van der Waals surface area contributed by atoms with E-state index in [1.807, 2.05) is 20.8 Å². The average molecular weight is 308 g/mol. The number of carbonyl (C=O) groups is 1. The van der Waals surface area contributed by atoms with E-state index in [4.69, 9.17) is 0 Å². The molecular weight excluding hydrogens is 284 g/mol. The molecule has 0 bridgehead atoms. The van der Waals surface area contributed by atoms with Crippen molar-refractivity contribution in [2.24, 2.45) is 0 Å². The van der Waals surface area contributed by atoms with Crippen molar-refractivity contribution in [2.45, 2.75) is 71.5 Å². The number of hydrogen-bond acceptors (Lipinski definition) is 4. The number of aromatic nitrogens is 2. The van der Waals surface area contributed by atoms with Crippen LogP contribution < -0.4 is 0 Å². The number of amides is 1. The van der Waals surface area contributed by atoms with Gasteiger partial charge >= 0.3 is 5.69 Å². The first kappa shape index (κ1) is 16.5. The van der Waals surface area contributed by atoms with Gasteiger partial charge in [-0.1, -0.05) is 19.3 Å². The number of rotatable bonds is 5. The number of aryl methyl sites for hydroxylation is 1. The van der Waals surface area contributed by atoms with Gasteiger partial charge in [0.2, 0.25) is 5.69 Å². The number of nitrogens with zero attached hydrogens (tertiary/aromatic N) is 4. The summed E-state index contributed by atoms with van der Waals surface area (Å²) >= 11 is 0. The largest absolute Gasteiger partial charge is 0.332 e. The van der Waals surface area contributed by atoms with Crippen LogP contribution in [0.25, 0.3) is 0 Å². The summed E-state index contributed by atoms with van der Waals surface area (Å²) in [4.78, 5) is 25.4. The van der Waals surface area contributed by atoms with Crippen LogP contribution in [-0.2, 0) is 6.54 Å². The van der Waals surface area contributed by atoms with Gasteiger partial charge in [0.15, 0.2) is 0 Å². The minimum absolute atomic E-state index is 0.00183. The van der Waals surface area contributed by atoms with E-state index in [-0.39, 0.29) is 29.4 Å².